The number of amides is 3. The lowest BCUT2D eigenvalue weighted by molar-refractivity contribution is -0.163. The molecule has 1 aromatic carbocycles. The molecule has 2 fully saturated rings. The number of ether oxygens (including phenoxy) is 3. The summed E-state index contributed by atoms with van der Waals surface area (Å²) in [5.41, 5.74) is -0.737. The highest BCUT2D eigenvalue weighted by atomic mass is 16.6. The Morgan fingerprint density at radius 3 is 2.54 bits per heavy atom. The molecule has 5 bridgehead atoms. The van der Waals surface area contributed by atoms with Crippen molar-refractivity contribution in [1.29, 1.82) is 0 Å². The molecule has 48 heavy (non-hydrogen) atoms. The average Bonchev–Trinajstić information content (AvgIpc) is 3.73. The van der Waals surface area contributed by atoms with Gasteiger partial charge in [0.15, 0.2) is 0 Å². The number of carbonyl (C=O) groups excluding carboxylic acids is 4. The van der Waals surface area contributed by atoms with E-state index in [1.807, 2.05) is 56.3 Å². The van der Waals surface area contributed by atoms with E-state index in [-0.39, 0.29) is 43.9 Å². The van der Waals surface area contributed by atoms with Crippen molar-refractivity contribution in [3.63, 3.8) is 0 Å². The minimum atomic E-state index is -1.40. The molecule has 0 saturated carbocycles. The van der Waals surface area contributed by atoms with Crippen molar-refractivity contribution >= 4 is 23.7 Å². The van der Waals surface area contributed by atoms with Crippen LogP contribution < -0.4 is 5.32 Å². The number of nitrogens with one attached hydrogen (secondary N) is 1. The SMILES string of the molecule is CCCCCN1C/C=C\CCC(=O)N[C@H](COC)[C@@H](c2ccccc2)OC(=O)[C@@H]2[C@@H]3C=C[C@]4(O3)[C@H](C1=O)N([C@@H](CO)[C@@H](C)CC)C(=O)[C@@H]24. The number of carbonyl (C=O) groups is 4. The standard InChI is InChI=1S/C37H51N3O8/c1-5-7-13-20-39-21-14-9-12-17-29(42)38-26(23-46-4)32(25-15-10-8-11-16-25)47-36(45)30-28-18-19-37(48-28)31(30)34(43)40(33(37)35(39)44)27(22-41)24(3)6-2/h8-11,14-16,18-19,24,26-28,30-33,41H,5-7,12-13,17,20-23H2,1-4H3,(H,38,42)/b14-9-/t24-,26+,27-,28-,30+,31+,32+,33-,37+/m0/s1. The second kappa shape index (κ2) is 15.8. The van der Waals surface area contributed by atoms with Gasteiger partial charge in [0.2, 0.25) is 17.7 Å². The molecule has 2 N–H and O–H groups in total. The number of hydrogen-bond acceptors (Lipinski definition) is 8. The van der Waals surface area contributed by atoms with Crippen LogP contribution in [0.15, 0.2) is 54.6 Å². The Balaban J connectivity index is 1.62. The third-order valence-corrected chi connectivity index (χ3v) is 10.5. The van der Waals surface area contributed by atoms with Gasteiger partial charge in [-0.05, 0) is 24.3 Å². The zero-order chi connectivity index (χ0) is 34.4. The van der Waals surface area contributed by atoms with Crippen molar-refractivity contribution in [3.05, 3.63) is 60.2 Å². The van der Waals surface area contributed by atoms with Crippen molar-refractivity contribution in [2.45, 2.75) is 95.2 Å². The summed E-state index contributed by atoms with van der Waals surface area (Å²) in [7, 11) is 1.52. The molecule has 1 aromatic rings. The predicted octanol–water partition coefficient (Wildman–Crippen LogP) is 3.33. The van der Waals surface area contributed by atoms with Gasteiger partial charge in [0.1, 0.15) is 23.7 Å². The number of likely N-dealkylation sites (tertiary alicyclic amines) is 1. The van der Waals surface area contributed by atoms with Gasteiger partial charge in [0.25, 0.3) is 0 Å². The molecule has 4 heterocycles. The van der Waals surface area contributed by atoms with E-state index in [9.17, 15) is 24.3 Å². The van der Waals surface area contributed by atoms with Gasteiger partial charge in [-0.25, -0.2) is 0 Å². The average molecular weight is 666 g/mol. The number of allylic oxidation sites excluding steroid dienone is 1. The number of cyclic esters (lactones) is 1. The predicted molar refractivity (Wildman–Crippen MR) is 178 cm³/mol. The van der Waals surface area contributed by atoms with E-state index in [4.69, 9.17) is 14.2 Å². The van der Waals surface area contributed by atoms with Crippen LogP contribution >= 0.6 is 0 Å². The Kier molecular flexibility index (Phi) is 11.8. The molecule has 4 aliphatic heterocycles. The zero-order valence-electron chi connectivity index (χ0n) is 28.6. The van der Waals surface area contributed by atoms with Crippen LogP contribution in [0.3, 0.4) is 0 Å². The monoisotopic (exact) mass is 665 g/mol. The van der Waals surface area contributed by atoms with Gasteiger partial charge in [-0.3, -0.25) is 19.2 Å². The first-order valence-corrected chi connectivity index (χ1v) is 17.5. The Bertz CT molecular complexity index is 1370. The van der Waals surface area contributed by atoms with E-state index >= 15 is 0 Å². The molecule has 262 valence electrons. The third-order valence-electron chi connectivity index (χ3n) is 10.5. The number of aliphatic hydroxyl groups excluding tert-OH is 1. The van der Waals surface area contributed by atoms with Gasteiger partial charge in [0.05, 0.1) is 37.3 Å². The molecule has 0 aliphatic carbocycles. The molecule has 11 heteroatoms. The number of fused-ring (bicyclic) bond motifs is 2. The fourth-order valence-corrected chi connectivity index (χ4v) is 7.77. The lowest BCUT2D eigenvalue weighted by atomic mass is 9.74. The van der Waals surface area contributed by atoms with Gasteiger partial charge in [-0.1, -0.05) is 94.7 Å². The van der Waals surface area contributed by atoms with Gasteiger partial charge in [-0.2, -0.15) is 0 Å². The van der Waals surface area contributed by atoms with Crippen LogP contribution in [0.25, 0.3) is 0 Å². The number of unbranched alkanes of at least 4 members (excludes halogenated alkanes) is 2. The highest BCUT2D eigenvalue weighted by Gasteiger charge is 2.74. The van der Waals surface area contributed by atoms with Crippen molar-refractivity contribution in [1.82, 2.24) is 15.1 Å². The molecule has 3 amide bonds. The topological polar surface area (TPSA) is 135 Å². The summed E-state index contributed by atoms with van der Waals surface area (Å²) < 4.78 is 18.4. The molecule has 2 saturated heterocycles. The fourth-order valence-electron chi connectivity index (χ4n) is 7.77. The molecular weight excluding hydrogens is 614 g/mol. The van der Waals surface area contributed by atoms with Crippen LogP contribution in [0.4, 0.5) is 0 Å². The van der Waals surface area contributed by atoms with Crippen LogP contribution in [-0.2, 0) is 33.4 Å². The van der Waals surface area contributed by atoms with E-state index in [0.29, 0.717) is 24.9 Å². The van der Waals surface area contributed by atoms with Crippen molar-refractivity contribution in [3.8, 4) is 0 Å². The molecular formula is C37H51N3O8. The summed E-state index contributed by atoms with van der Waals surface area (Å²) in [6.07, 6.45) is 9.62. The van der Waals surface area contributed by atoms with Crippen LogP contribution in [-0.4, -0.2) is 102 Å². The lowest BCUT2D eigenvalue weighted by Gasteiger charge is -2.40. The second-order valence-corrected chi connectivity index (χ2v) is 13.5. The number of hydrogen-bond donors (Lipinski definition) is 2. The van der Waals surface area contributed by atoms with E-state index in [0.717, 1.165) is 19.3 Å². The molecule has 9 atom stereocenters. The maximum absolute atomic E-state index is 14.8. The Morgan fingerprint density at radius 2 is 1.85 bits per heavy atom. The van der Waals surface area contributed by atoms with Gasteiger partial charge in [0, 0.05) is 26.6 Å². The molecule has 4 aliphatic rings. The number of rotatable bonds is 11. The maximum Gasteiger partial charge on any atom is 0.313 e. The smallest absolute Gasteiger partial charge is 0.313 e. The molecule has 1 spiro atoms. The summed E-state index contributed by atoms with van der Waals surface area (Å²) in [5, 5.41) is 13.7. The van der Waals surface area contributed by atoms with Crippen molar-refractivity contribution < 1.29 is 38.5 Å². The van der Waals surface area contributed by atoms with Crippen LogP contribution in [0.1, 0.15) is 71.0 Å². The molecule has 0 unspecified atom stereocenters. The number of nitrogens with zero attached hydrogens (tertiary/aromatic N) is 2. The van der Waals surface area contributed by atoms with Gasteiger partial charge in [-0.15, -0.1) is 0 Å². The van der Waals surface area contributed by atoms with Crippen molar-refractivity contribution in [2.24, 2.45) is 17.8 Å². The van der Waals surface area contributed by atoms with Crippen LogP contribution in [0.2, 0.25) is 0 Å². The summed E-state index contributed by atoms with van der Waals surface area (Å²) >= 11 is 0. The molecule has 0 aromatic heterocycles. The van der Waals surface area contributed by atoms with Crippen LogP contribution in [0, 0.1) is 17.8 Å². The first-order valence-electron chi connectivity index (χ1n) is 17.5. The summed E-state index contributed by atoms with van der Waals surface area (Å²) in [6.45, 7) is 6.54. The quantitative estimate of drug-likeness (QED) is 0.209. The van der Waals surface area contributed by atoms with Crippen molar-refractivity contribution in [2.75, 3.05) is 33.4 Å². The Labute approximate surface area is 283 Å². The Hall–Kier alpha value is -3.54. The Morgan fingerprint density at radius 1 is 1.08 bits per heavy atom. The van der Waals surface area contributed by atoms with Gasteiger partial charge >= 0.3 is 5.97 Å². The lowest BCUT2D eigenvalue weighted by Crippen LogP contribution is -2.59. The summed E-state index contributed by atoms with van der Waals surface area (Å²) in [5.74, 6) is -3.74. The molecule has 0 radical (unpaired) electrons. The normalized spacial score (nSPS) is 32.6. The first kappa shape index (κ1) is 35.8. The number of benzene rings is 1. The van der Waals surface area contributed by atoms with E-state index in [1.165, 1.54) is 12.0 Å². The van der Waals surface area contributed by atoms with Gasteiger partial charge < -0.3 is 34.4 Å². The fraction of sp³-hybridized carbons (Fsp3) is 0.622. The van der Waals surface area contributed by atoms with E-state index < -0.39 is 59.6 Å². The molecule has 11 nitrogen and oxygen atoms in total. The minimum absolute atomic E-state index is 0.0787. The van der Waals surface area contributed by atoms with E-state index in [2.05, 4.69) is 12.2 Å². The first-order chi connectivity index (χ1) is 23.2. The van der Waals surface area contributed by atoms with E-state index in [1.54, 1.807) is 17.1 Å². The zero-order valence-corrected chi connectivity index (χ0v) is 28.6. The number of aliphatic hydroxyl groups is 1. The second-order valence-electron chi connectivity index (χ2n) is 13.5. The summed E-state index contributed by atoms with van der Waals surface area (Å²) in [6, 6.07) is 6.71. The third kappa shape index (κ3) is 6.82. The highest BCUT2D eigenvalue weighted by molar-refractivity contribution is 5.99. The largest absolute Gasteiger partial charge is 0.455 e. The minimum Gasteiger partial charge on any atom is -0.455 e. The highest BCUT2D eigenvalue weighted by Crippen LogP contribution is 2.56. The van der Waals surface area contributed by atoms with Crippen LogP contribution in [0.5, 0.6) is 0 Å². The number of methoxy groups -OCH3 is 1. The maximum atomic E-state index is 14.8. The molecule has 5 rings (SSSR count). The number of esters is 1. The summed E-state index contributed by atoms with van der Waals surface area (Å²) in [4.78, 5) is 60.3.